The first kappa shape index (κ1) is 76.2. The van der Waals surface area contributed by atoms with Crippen molar-refractivity contribution in [3.05, 3.63) is 70.4 Å². The number of aliphatic hydroxyl groups excluding tert-OH is 4. The summed E-state index contributed by atoms with van der Waals surface area (Å²) in [5.41, 5.74) is 0.817. The number of carbonyl (C=O) groups is 10. The number of hydrogen-bond acceptors (Lipinski definition) is 24. The topological polar surface area (TPSA) is 563 Å². The van der Waals surface area contributed by atoms with Gasteiger partial charge in [-0.15, -0.1) is 0 Å². The molecule has 18 N–H and O–H groups in total. The molecule has 16 atom stereocenters. The highest BCUT2D eigenvalue weighted by molar-refractivity contribution is 7.46. The lowest BCUT2D eigenvalue weighted by Crippen LogP contribution is -2.70. The molecule has 7 amide bonds. The van der Waals surface area contributed by atoms with Crippen molar-refractivity contribution in [3.8, 4) is 28.2 Å². The van der Waals surface area contributed by atoms with Crippen LogP contribution in [0.2, 0.25) is 0 Å². The van der Waals surface area contributed by atoms with Crippen molar-refractivity contribution in [1.82, 2.24) is 37.2 Å². The molecule has 0 spiro atoms. The molecule has 2 aromatic rings. The van der Waals surface area contributed by atoms with Gasteiger partial charge < -0.3 is 117 Å². The first-order chi connectivity index (χ1) is 45.1. The van der Waals surface area contributed by atoms with Gasteiger partial charge in [0.05, 0.1) is 18.8 Å². The first-order valence-electron chi connectivity index (χ1n) is 29.9. The molecule has 2 aromatic carbocycles. The van der Waals surface area contributed by atoms with E-state index in [0.717, 1.165) is 27.7 Å². The molecule has 526 valence electrons. The summed E-state index contributed by atoms with van der Waals surface area (Å²) in [7, 11) is -5.53. The van der Waals surface area contributed by atoms with Crippen LogP contribution in [0.3, 0.4) is 0 Å². The molecule has 6 rings (SSSR count). The SMILES string of the molecule is CC(=O)N[C@H]1[C@H](O[C@H]2[C@H](OC(C)C(=O)N[C@@H](C)C(=O)N[C@@H](CCC(=O)N[C@@H](CCCCNc3cccc(C(=O)O)c3-c3c4ccc(=O)cc-4oc4cc(O)ccc34)C(=O)N[C@@H](C)C(=O)N[C@@H](C)C(=O)O)C(=O)O)[C@@H](NC(C)=O)[C@@H](OP(=O)(O)O)O[C@@H]2CO)O[C@H](CO)[C@@H](O)[C@@H]1O. The number of benzene rings is 3. The van der Waals surface area contributed by atoms with E-state index >= 15 is 0 Å². The summed E-state index contributed by atoms with van der Waals surface area (Å²) in [6.45, 7) is 4.67. The van der Waals surface area contributed by atoms with Crippen molar-refractivity contribution >= 4 is 83.7 Å². The van der Waals surface area contributed by atoms with Gasteiger partial charge in [0.25, 0.3) is 0 Å². The molecule has 0 radical (unpaired) electrons. The normalized spacial score (nSPS) is 23.0. The number of unbranched alkanes of at least 4 members (excludes halogenated alkanes) is 1. The Morgan fingerprint density at radius 1 is 0.646 bits per heavy atom. The predicted molar refractivity (Wildman–Crippen MR) is 328 cm³/mol. The average molecular weight is 1380 g/mol. The number of rotatable bonds is 32. The van der Waals surface area contributed by atoms with E-state index in [1.54, 1.807) is 6.07 Å². The number of phenolic OH excluding ortho intramolecular Hbond substituents is 1. The molecule has 3 heterocycles. The van der Waals surface area contributed by atoms with Crippen molar-refractivity contribution in [2.24, 2.45) is 0 Å². The van der Waals surface area contributed by atoms with Crippen LogP contribution in [0, 0.1) is 0 Å². The molecule has 1 aliphatic carbocycles. The highest BCUT2D eigenvalue weighted by Crippen LogP contribution is 2.46. The van der Waals surface area contributed by atoms with E-state index in [0.29, 0.717) is 22.2 Å². The lowest BCUT2D eigenvalue weighted by atomic mass is 9.89. The van der Waals surface area contributed by atoms with Gasteiger partial charge in [-0.1, -0.05) is 6.07 Å². The minimum absolute atomic E-state index is 0.100. The van der Waals surface area contributed by atoms with Gasteiger partial charge in [-0.05, 0) is 89.8 Å². The van der Waals surface area contributed by atoms with Crippen molar-refractivity contribution in [3.63, 3.8) is 0 Å². The molecular weight excluding hydrogens is 1300 g/mol. The van der Waals surface area contributed by atoms with Crippen LogP contribution in [0.25, 0.3) is 33.4 Å². The van der Waals surface area contributed by atoms with Gasteiger partial charge in [0, 0.05) is 66.7 Å². The molecule has 0 bridgehead atoms. The molecule has 0 saturated carbocycles. The number of aromatic hydroxyl groups is 1. The van der Waals surface area contributed by atoms with E-state index in [1.807, 2.05) is 0 Å². The largest absolute Gasteiger partial charge is 0.508 e. The van der Waals surface area contributed by atoms with Gasteiger partial charge in [-0.2, -0.15) is 0 Å². The van der Waals surface area contributed by atoms with Crippen LogP contribution in [-0.4, -0.2) is 227 Å². The molecule has 4 aliphatic rings. The van der Waals surface area contributed by atoms with Crippen molar-refractivity contribution < 1.29 is 131 Å². The van der Waals surface area contributed by atoms with Gasteiger partial charge in [-0.25, -0.2) is 14.2 Å². The number of anilines is 1. The predicted octanol–water partition coefficient (Wildman–Crippen LogP) is -2.58. The Balaban J connectivity index is 1.15. The summed E-state index contributed by atoms with van der Waals surface area (Å²) < 4.78 is 46.3. The number of carboxylic acid groups (broad SMARTS) is 3. The fourth-order valence-electron chi connectivity index (χ4n) is 10.5. The zero-order valence-corrected chi connectivity index (χ0v) is 53.3. The second kappa shape index (κ2) is 33.7. The van der Waals surface area contributed by atoms with E-state index in [2.05, 4.69) is 42.5 Å². The van der Waals surface area contributed by atoms with Gasteiger partial charge in [0.2, 0.25) is 41.4 Å². The number of aromatic carboxylic acids is 1. The Hall–Kier alpha value is -8.78. The Bertz CT molecular complexity index is 3590. The number of phosphoric acid groups is 1. The maximum Gasteiger partial charge on any atom is 0.472 e. The Kier molecular flexibility index (Phi) is 26.8. The molecule has 37 heteroatoms. The molecule has 2 fully saturated rings. The summed E-state index contributed by atoms with van der Waals surface area (Å²) in [6.07, 6.45) is -17.8. The number of carboxylic acids is 3. The Morgan fingerprint density at radius 3 is 1.89 bits per heavy atom. The lowest BCUT2D eigenvalue weighted by Gasteiger charge is -2.49. The molecular formula is C59H77N8O28P. The number of carbonyl (C=O) groups excluding carboxylic acids is 7. The smallest absolute Gasteiger partial charge is 0.472 e. The minimum Gasteiger partial charge on any atom is -0.508 e. The van der Waals surface area contributed by atoms with Crippen molar-refractivity contribution in [2.45, 2.75) is 171 Å². The van der Waals surface area contributed by atoms with Crippen molar-refractivity contribution in [2.75, 3.05) is 25.1 Å². The van der Waals surface area contributed by atoms with Crippen LogP contribution in [0.4, 0.5) is 5.69 Å². The standard InChI is InChI=1S/C59H77N8O28P/c1-24(51(77)63-26(3)55(81)82)62-54(80)36(11-7-8-19-60-35-12-9-10-34(56(83)84)44(35)43-32-15-13-30(72)20-38(32)91-39-21-31(73)14-16-33(39)43)66-42(74)18-17-37(57(85)86)67-52(78)25(2)61-53(79)27(4)90-50-46(65-29(6)71)59(95-96(87,88)89)93-41(23-69)49(50)94-58-45(64-28(5)70)48(76)47(75)40(22-68)92-58/h9-10,12-16,20-21,24-27,36-37,40-41,45-50,58-60,68-69,72,75-76H,7-8,11,17-19,22-23H2,1-6H3,(H,61,79)(H,62,80)(H,63,77)(H,64,70)(H,65,71)(H,66,74)(H,67,78)(H,81,82)(H,83,84)(H,85,86)(H2,87,88,89)/t24-,25-,26-,27?,36-,37-,40+,41+,45+,46+,47+,48+,49+,50+,58-,59+/m0/s1. The maximum absolute atomic E-state index is 13.9. The van der Waals surface area contributed by atoms with Crippen LogP contribution in [0.15, 0.2) is 63.8 Å². The summed E-state index contributed by atoms with van der Waals surface area (Å²) >= 11 is 0. The van der Waals surface area contributed by atoms with Gasteiger partial charge >= 0.3 is 25.7 Å². The summed E-state index contributed by atoms with van der Waals surface area (Å²) in [5, 5.41) is 102. The van der Waals surface area contributed by atoms with Crippen LogP contribution in [0.5, 0.6) is 5.75 Å². The number of hydrogen-bond donors (Lipinski definition) is 18. The van der Waals surface area contributed by atoms with E-state index in [4.69, 9.17) is 27.9 Å². The quantitative estimate of drug-likeness (QED) is 0.0136. The first-order valence-corrected chi connectivity index (χ1v) is 31.4. The number of ether oxygens (including phenoxy) is 4. The number of phosphoric ester groups is 1. The summed E-state index contributed by atoms with van der Waals surface area (Å²) in [6, 6.07) is 1.48. The number of fused-ring (bicyclic) bond motifs is 2. The van der Waals surface area contributed by atoms with Gasteiger partial charge in [-0.3, -0.25) is 47.7 Å². The zero-order chi connectivity index (χ0) is 71.2. The Labute approximate surface area is 545 Å². The van der Waals surface area contributed by atoms with Crippen molar-refractivity contribution in [1.29, 1.82) is 0 Å². The highest BCUT2D eigenvalue weighted by atomic mass is 31.2. The van der Waals surface area contributed by atoms with Crippen LogP contribution in [0.1, 0.15) is 84.0 Å². The van der Waals surface area contributed by atoms with Crippen LogP contribution in [-0.2, 0) is 71.2 Å². The molecule has 2 saturated heterocycles. The third-order valence-electron chi connectivity index (χ3n) is 15.3. The monoisotopic (exact) mass is 1380 g/mol. The molecule has 1 unspecified atom stereocenters. The molecule has 3 aliphatic heterocycles. The zero-order valence-electron chi connectivity index (χ0n) is 52.4. The average Bonchev–Trinajstić information content (AvgIpc) is 0.751. The van der Waals surface area contributed by atoms with Crippen LogP contribution >= 0.6 is 7.82 Å². The second-order valence-electron chi connectivity index (χ2n) is 22.7. The van der Waals surface area contributed by atoms with Gasteiger partial charge in [0.1, 0.15) is 102 Å². The highest BCUT2D eigenvalue weighted by Gasteiger charge is 2.54. The van der Waals surface area contributed by atoms with E-state index < -0.39 is 196 Å². The van der Waals surface area contributed by atoms with Gasteiger partial charge in [0.15, 0.2) is 18.0 Å². The molecule has 96 heavy (non-hydrogen) atoms. The fraction of sp³-hybridized carbons (Fsp3) is 0.508. The second-order valence-corrected chi connectivity index (χ2v) is 23.9. The minimum atomic E-state index is -5.53. The number of aliphatic carboxylic acids is 2. The summed E-state index contributed by atoms with van der Waals surface area (Å²) in [5.74, 6) is -11.2. The number of nitrogens with one attached hydrogen (secondary N) is 8. The number of aliphatic hydroxyl groups is 4. The number of phenols is 1. The summed E-state index contributed by atoms with van der Waals surface area (Å²) in [4.78, 5) is 162. The van der Waals surface area contributed by atoms with Crippen LogP contribution < -0.4 is 48.0 Å². The third-order valence-corrected chi connectivity index (χ3v) is 15.8. The van der Waals surface area contributed by atoms with E-state index in [1.165, 1.54) is 62.4 Å². The molecule has 36 nitrogen and oxygen atoms in total. The lowest BCUT2D eigenvalue weighted by molar-refractivity contribution is -0.331. The Morgan fingerprint density at radius 2 is 1.27 bits per heavy atom. The molecule has 0 aromatic heterocycles. The maximum atomic E-state index is 13.9. The third kappa shape index (κ3) is 20.1. The fourth-order valence-corrected chi connectivity index (χ4v) is 11.0. The van der Waals surface area contributed by atoms with E-state index in [-0.39, 0.29) is 54.0 Å². The number of amides is 7. The van der Waals surface area contributed by atoms with E-state index in [9.17, 15) is 108 Å².